The average Bonchev–Trinajstić information content (AvgIpc) is 2.84. The lowest BCUT2D eigenvalue weighted by atomic mass is 10.1. The van der Waals surface area contributed by atoms with Crippen molar-refractivity contribution in [3.05, 3.63) is 108 Å². The number of aryl methyl sites for hydroxylation is 1. The van der Waals surface area contributed by atoms with Crippen molar-refractivity contribution in [2.75, 3.05) is 0 Å². The number of benzene rings is 4. The molecule has 0 spiro atoms. The quantitative estimate of drug-likeness (QED) is 0.286. The van der Waals surface area contributed by atoms with Crippen LogP contribution in [0.4, 0.5) is 0 Å². The van der Waals surface area contributed by atoms with Gasteiger partial charge in [-0.3, -0.25) is 4.79 Å². The summed E-state index contributed by atoms with van der Waals surface area (Å²) in [5.74, 6) is 1.09. The fraction of sp³-hybridized carbons (Fsp3) is 0.143. The fourth-order valence-corrected chi connectivity index (χ4v) is 3.26. The van der Waals surface area contributed by atoms with Crippen LogP contribution < -0.4 is 14.9 Å². The summed E-state index contributed by atoms with van der Waals surface area (Å²) < 4.78 is 11.6. The SMILES string of the molecule is Cc1ccc(COc2ccc(/C=N/NC(=O)C(C)Oc3ccc4ccccc4c3)cc2)cc1. The number of hydrazone groups is 1. The molecule has 0 saturated carbocycles. The van der Waals surface area contributed by atoms with E-state index in [4.69, 9.17) is 9.47 Å². The minimum atomic E-state index is -0.680. The lowest BCUT2D eigenvalue weighted by molar-refractivity contribution is -0.127. The minimum absolute atomic E-state index is 0.322. The van der Waals surface area contributed by atoms with E-state index in [0.717, 1.165) is 27.6 Å². The van der Waals surface area contributed by atoms with Crippen LogP contribution in [0.2, 0.25) is 0 Å². The Morgan fingerprint density at radius 3 is 2.36 bits per heavy atom. The highest BCUT2D eigenvalue weighted by atomic mass is 16.5. The number of nitrogens with zero attached hydrogens (tertiary/aromatic N) is 1. The number of amides is 1. The predicted octanol–water partition coefficient (Wildman–Crippen LogP) is 5.64. The van der Waals surface area contributed by atoms with Gasteiger partial charge in [-0.15, -0.1) is 0 Å². The zero-order valence-electron chi connectivity index (χ0n) is 18.7. The van der Waals surface area contributed by atoms with Gasteiger partial charge < -0.3 is 9.47 Å². The van der Waals surface area contributed by atoms with E-state index in [9.17, 15) is 4.79 Å². The Labute approximate surface area is 193 Å². The molecule has 166 valence electrons. The summed E-state index contributed by atoms with van der Waals surface area (Å²) in [7, 11) is 0. The summed E-state index contributed by atoms with van der Waals surface area (Å²) in [4.78, 5) is 12.3. The summed E-state index contributed by atoms with van der Waals surface area (Å²) in [6, 6.07) is 29.5. The smallest absolute Gasteiger partial charge is 0.280 e. The largest absolute Gasteiger partial charge is 0.489 e. The number of hydrogen-bond donors (Lipinski definition) is 1. The highest BCUT2D eigenvalue weighted by Crippen LogP contribution is 2.21. The first-order chi connectivity index (χ1) is 16.1. The monoisotopic (exact) mass is 438 g/mol. The van der Waals surface area contributed by atoms with Crippen molar-refractivity contribution in [1.29, 1.82) is 0 Å². The van der Waals surface area contributed by atoms with Gasteiger partial charge in [-0.05, 0) is 72.1 Å². The number of carbonyl (C=O) groups excluding carboxylic acids is 1. The molecule has 1 atom stereocenters. The first-order valence-electron chi connectivity index (χ1n) is 10.8. The summed E-state index contributed by atoms with van der Waals surface area (Å²) in [5.41, 5.74) is 5.72. The number of hydrogen-bond acceptors (Lipinski definition) is 4. The van der Waals surface area contributed by atoms with Crippen molar-refractivity contribution in [1.82, 2.24) is 5.43 Å². The average molecular weight is 439 g/mol. The summed E-state index contributed by atoms with van der Waals surface area (Å²) >= 11 is 0. The zero-order chi connectivity index (χ0) is 23.0. The maximum atomic E-state index is 12.3. The third-order valence-electron chi connectivity index (χ3n) is 5.20. The first-order valence-corrected chi connectivity index (χ1v) is 10.8. The molecule has 0 bridgehead atoms. The second-order valence-electron chi connectivity index (χ2n) is 7.85. The van der Waals surface area contributed by atoms with E-state index in [0.29, 0.717) is 12.4 Å². The van der Waals surface area contributed by atoms with Crippen molar-refractivity contribution < 1.29 is 14.3 Å². The van der Waals surface area contributed by atoms with E-state index in [1.54, 1.807) is 13.1 Å². The molecular weight excluding hydrogens is 412 g/mol. The van der Waals surface area contributed by atoms with Crippen molar-refractivity contribution in [3.63, 3.8) is 0 Å². The van der Waals surface area contributed by atoms with Crippen LogP contribution in [0.25, 0.3) is 10.8 Å². The standard InChI is InChI=1S/C28H26N2O3/c1-20-7-9-23(10-8-20)19-32-26-14-11-22(12-15-26)18-29-30-28(31)21(2)33-27-16-13-24-5-3-4-6-25(24)17-27/h3-18,21H,19H2,1-2H3,(H,30,31)/b29-18+. The third-order valence-corrected chi connectivity index (χ3v) is 5.20. The molecule has 0 aliphatic carbocycles. The lowest BCUT2D eigenvalue weighted by Gasteiger charge is -2.13. The second-order valence-corrected chi connectivity index (χ2v) is 7.85. The van der Waals surface area contributed by atoms with E-state index >= 15 is 0 Å². The molecule has 0 fully saturated rings. The van der Waals surface area contributed by atoms with Crippen LogP contribution in [-0.2, 0) is 11.4 Å². The molecule has 33 heavy (non-hydrogen) atoms. The van der Waals surface area contributed by atoms with Crippen LogP contribution in [0, 0.1) is 6.92 Å². The Kier molecular flexibility index (Phi) is 7.00. The predicted molar refractivity (Wildman–Crippen MR) is 132 cm³/mol. The number of ether oxygens (including phenoxy) is 2. The van der Waals surface area contributed by atoms with Gasteiger partial charge in [-0.2, -0.15) is 5.10 Å². The number of carbonyl (C=O) groups is 1. The molecule has 4 aromatic carbocycles. The summed E-state index contributed by atoms with van der Waals surface area (Å²) in [5, 5.41) is 6.23. The van der Waals surface area contributed by atoms with Crippen LogP contribution in [-0.4, -0.2) is 18.2 Å². The van der Waals surface area contributed by atoms with Crippen LogP contribution in [0.15, 0.2) is 96.1 Å². The van der Waals surface area contributed by atoms with E-state index < -0.39 is 6.10 Å². The molecule has 4 aromatic rings. The molecule has 4 rings (SSSR count). The third kappa shape index (κ3) is 6.20. The van der Waals surface area contributed by atoms with Gasteiger partial charge in [-0.25, -0.2) is 5.43 Å². The summed E-state index contributed by atoms with van der Waals surface area (Å²) in [6.07, 6.45) is 0.908. The highest BCUT2D eigenvalue weighted by Gasteiger charge is 2.14. The maximum Gasteiger partial charge on any atom is 0.280 e. The molecule has 1 amide bonds. The topological polar surface area (TPSA) is 59.9 Å². The van der Waals surface area contributed by atoms with Gasteiger partial charge in [0.2, 0.25) is 0 Å². The molecule has 1 unspecified atom stereocenters. The van der Waals surface area contributed by atoms with Gasteiger partial charge in [-0.1, -0.05) is 60.2 Å². The molecule has 0 aliphatic rings. The van der Waals surface area contributed by atoms with Crippen molar-refractivity contribution in [2.24, 2.45) is 5.10 Å². The number of fused-ring (bicyclic) bond motifs is 1. The van der Waals surface area contributed by atoms with E-state index in [1.807, 2.05) is 66.7 Å². The Balaban J connectivity index is 1.26. The molecule has 5 nitrogen and oxygen atoms in total. The zero-order valence-corrected chi connectivity index (χ0v) is 18.7. The summed E-state index contributed by atoms with van der Waals surface area (Å²) in [6.45, 7) is 4.27. The molecule has 1 N–H and O–H groups in total. The maximum absolute atomic E-state index is 12.3. The fourth-order valence-electron chi connectivity index (χ4n) is 3.26. The van der Waals surface area contributed by atoms with E-state index in [-0.39, 0.29) is 5.91 Å². The van der Waals surface area contributed by atoms with E-state index in [2.05, 4.69) is 41.7 Å². The second kappa shape index (κ2) is 10.5. The van der Waals surface area contributed by atoms with Crippen molar-refractivity contribution in [3.8, 4) is 11.5 Å². The van der Waals surface area contributed by atoms with Gasteiger partial charge in [0.15, 0.2) is 6.10 Å². The van der Waals surface area contributed by atoms with E-state index in [1.165, 1.54) is 5.56 Å². The van der Waals surface area contributed by atoms with Gasteiger partial charge in [0.05, 0.1) is 6.21 Å². The number of nitrogens with one attached hydrogen (secondary N) is 1. The Morgan fingerprint density at radius 1 is 0.909 bits per heavy atom. The van der Waals surface area contributed by atoms with Gasteiger partial charge in [0, 0.05) is 0 Å². The van der Waals surface area contributed by atoms with Gasteiger partial charge in [0.25, 0.3) is 5.91 Å². The van der Waals surface area contributed by atoms with Crippen molar-refractivity contribution in [2.45, 2.75) is 26.6 Å². The van der Waals surface area contributed by atoms with Gasteiger partial charge in [0.1, 0.15) is 18.1 Å². The molecule has 5 heteroatoms. The molecule has 0 radical (unpaired) electrons. The Bertz CT molecular complexity index is 1250. The molecule has 0 aromatic heterocycles. The Morgan fingerprint density at radius 2 is 1.61 bits per heavy atom. The normalized spacial score (nSPS) is 11.9. The van der Waals surface area contributed by atoms with Crippen LogP contribution in [0.1, 0.15) is 23.6 Å². The van der Waals surface area contributed by atoms with Crippen LogP contribution >= 0.6 is 0 Å². The van der Waals surface area contributed by atoms with Crippen LogP contribution in [0.5, 0.6) is 11.5 Å². The Hall–Kier alpha value is -4.12. The molecule has 0 heterocycles. The minimum Gasteiger partial charge on any atom is -0.489 e. The van der Waals surface area contributed by atoms with Crippen LogP contribution in [0.3, 0.4) is 0 Å². The lowest BCUT2D eigenvalue weighted by Crippen LogP contribution is -2.33. The molecule has 0 aliphatic heterocycles. The molecular formula is C28H26N2O3. The van der Waals surface area contributed by atoms with Gasteiger partial charge >= 0.3 is 0 Å². The van der Waals surface area contributed by atoms with Crippen molar-refractivity contribution >= 4 is 22.9 Å². The number of rotatable bonds is 8. The molecule has 0 saturated heterocycles. The first kappa shape index (κ1) is 22.1. The highest BCUT2D eigenvalue weighted by molar-refractivity contribution is 5.85.